The van der Waals surface area contributed by atoms with Crippen molar-refractivity contribution < 1.29 is 32.8 Å². The highest BCUT2D eigenvalue weighted by Crippen LogP contribution is 2.49. The number of ketones is 2. The van der Waals surface area contributed by atoms with Crippen LogP contribution in [-0.2, 0) is 10.1 Å². The van der Waals surface area contributed by atoms with Crippen molar-refractivity contribution in [3.8, 4) is 11.5 Å². The van der Waals surface area contributed by atoms with Gasteiger partial charge in [-0.1, -0.05) is 24.3 Å². The van der Waals surface area contributed by atoms with Gasteiger partial charge in [-0.15, -0.1) is 0 Å². The molecule has 0 bridgehead atoms. The van der Waals surface area contributed by atoms with Crippen LogP contribution >= 0.6 is 0 Å². The molecular weight excluding hydrogens is 374 g/mol. The molecule has 0 amide bonds. The minimum Gasteiger partial charge on any atom is -0.744 e. The lowest BCUT2D eigenvalue weighted by Crippen LogP contribution is -2.28. The Bertz CT molecular complexity index is 1120. The van der Waals surface area contributed by atoms with Crippen molar-refractivity contribution in [2.75, 3.05) is 18.0 Å². The second kappa shape index (κ2) is 5.80. The molecule has 0 radical (unpaired) electrons. The van der Waals surface area contributed by atoms with Gasteiger partial charge in [0.05, 0.1) is 16.8 Å². The van der Waals surface area contributed by atoms with E-state index < -0.39 is 43.6 Å². The van der Waals surface area contributed by atoms with Crippen LogP contribution in [0.25, 0.3) is 0 Å². The fourth-order valence-corrected chi connectivity index (χ4v) is 4.44. The van der Waals surface area contributed by atoms with Crippen molar-refractivity contribution in [1.29, 1.82) is 0 Å². The highest BCUT2D eigenvalue weighted by atomic mass is 32.2. The number of phenols is 2. The van der Waals surface area contributed by atoms with E-state index in [-0.39, 0.29) is 22.4 Å². The van der Waals surface area contributed by atoms with Gasteiger partial charge < -0.3 is 19.7 Å². The molecule has 2 aromatic rings. The normalized spacial score (nSPS) is 16.4. The zero-order valence-electron chi connectivity index (χ0n) is 13.9. The SMILES string of the molecule is O=C1c2ccccc2C(=O)c2c1c(O)c(S(=O)(=O)[O-])c(O)c2N1CCCC1. The minimum absolute atomic E-state index is 0.00221. The van der Waals surface area contributed by atoms with Crippen molar-refractivity contribution in [2.45, 2.75) is 17.7 Å². The number of anilines is 1. The Hall–Kier alpha value is -2.91. The summed E-state index contributed by atoms with van der Waals surface area (Å²) in [4.78, 5) is 26.3. The molecule has 2 aromatic carbocycles. The van der Waals surface area contributed by atoms with E-state index in [1.165, 1.54) is 18.2 Å². The first-order valence-electron chi connectivity index (χ1n) is 8.24. The Morgan fingerprint density at radius 3 is 1.93 bits per heavy atom. The summed E-state index contributed by atoms with van der Waals surface area (Å²) in [5, 5.41) is 20.9. The quantitative estimate of drug-likeness (QED) is 0.629. The van der Waals surface area contributed by atoms with Gasteiger partial charge in [-0.2, -0.15) is 0 Å². The molecule has 2 aliphatic rings. The molecule has 8 nitrogen and oxygen atoms in total. The van der Waals surface area contributed by atoms with Crippen molar-refractivity contribution >= 4 is 27.4 Å². The van der Waals surface area contributed by atoms with Gasteiger partial charge in [0.25, 0.3) is 0 Å². The van der Waals surface area contributed by atoms with Gasteiger partial charge in [-0.25, -0.2) is 8.42 Å². The molecule has 0 spiro atoms. The van der Waals surface area contributed by atoms with E-state index in [1.54, 1.807) is 11.0 Å². The fourth-order valence-electron chi connectivity index (χ4n) is 3.76. The molecule has 0 aromatic heterocycles. The van der Waals surface area contributed by atoms with E-state index in [0.717, 1.165) is 12.8 Å². The summed E-state index contributed by atoms with van der Waals surface area (Å²) in [7, 11) is -5.31. The van der Waals surface area contributed by atoms with Crippen molar-refractivity contribution in [2.24, 2.45) is 0 Å². The van der Waals surface area contributed by atoms with E-state index in [9.17, 15) is 32.8 Å². The molecule has 1 aliphatic carbocycles. The van der Waals surface area contributed by atoms with Crippen LogP contribution < -0.4 is 4.90 Å². The number of hydrogen-bond acceptors (Lipinski definition) is 8. The Morgan fingerprint density at radius 1 is 0.889 bits per heavy atom. The number of aromatic hydroxyl groups is 2. The van der Waals surface area contributed by atoms with Crippen LogP contribution in [0.15, 0.2) is 29.2 Å². The van der Waals surface area contributed by atoms with Crippen LogP contribution in [0.4, 0.5) is 5.69 Å². The molecule has 2 N–H and O–H groups in total. The van der Waals surface area contributed by atoms with Gasteiger partial charge in [0, 0.05) is 24.2 Å². The summed E-state index contributed by atoms with van der Waals surface area (Å²) in [6, 6.07) is 5.92. The van der Waals surface area contributed by atoms with Gasteiger partial charge in [0.2, 0.25) is 0 Å². The average Bonchev–Trinajstić information content (AvgIpc) is 3.12. The van der Waals surface area contributed by atoms with Crippen molar-refractivity contribution in [1.82, 2.24) is 0 Å². The first-order valence-corrected chi connectivity index (χ1v) is 9.65. The monoisotopic (exact) mass is 388 g/mol. The molecule has 1 fully saturated rings. The molecule has 0 saturated carbocycles. The lowest BCUT2D eigenvalue weighted by molar-refractivity contribution is 0.0976. The fraction of sp³-hybridized carbons (Fsp3) is 0.222. The summed E-state index contributed by atoms with van der Waals surface area (Å²) in [5.74, 6) is -3.58. The van der Waals surface area contributed by atoms with Crippen LogP contribution in [0.5, 0.6) is 11.5 Å². The minimum atomic E-state index is -5.31. The molecule has 140 valence electrons. The van der Waals surface area contributed by atoms with E-state index in [0.29, 0.717) is 13.1 Å². The van der Waals surface area contributed by atoms with Crippen LogP contribution in [0.3, 0.4) is 0 Å². The van der Waals surface area contributed by atoms with Gasteiger partial charge in [0.15, 0.2) is 17.3 Å². The van der Waals surface area contributed by atoms with Crippen LogP contribution in [0.1, 0.15) is 44.7 Å². The summed E-state index contributed by atoms with van der Waals surface area (Å²) in [6.07, 6.45) is 1.46. The number of carbonyl (C=O) groups excluding carboxylic acids is 2. The Balaban J connectivity index is 2.15. The first kappa shape index (κ1) is 17.5. The third kappa shape index (κ3) is 2.42. The predicted molar refractivity (Wildman–Crippen MR) is 92.5 cm³/mol. The molecule has 27 heavy (non-hydrogen) atoms. The second-order valence-electron chi connectivity index (χ2n) is 6.48. The van der Waals surface area contributed by atoms with Gasteiger partial charge in [0.1, 0.15) is 20.8 Å². The van der Waals surface area contributed by atoms with Crippen LogP contribution in [0, 0.1) is 0 Å². The third-order valence-electron chi connectivity index (χ3n) is 4.92. The van der Waals surface area contributed by atoms with E-state index >= 15 is 0 Å². The molecule has 0 atom stereocenters. The average molecular weight is 388 g/mol. The summed E-state index contributed by atoms with van der Waals surface area (Å²) < 4.78 is 35.0. The van der Waals surface area contributed by atoms with Crippen molar-refractivity contribution in [3.63, 3.8) is 0 Å². The molecule has 1 heterocycles. The van der Waals surface area contributed by atoms with Crippen LogP contribution in [0.2, 0.25) is 0 Å². The maximum atomic E-state index is 13.1. The predicted octanol–water partition coefficient (Wildman–Crippen LogP) is 1.38. The Morgan fingerprint density at radius 2 is 1.41 bits per heavy atom. The molecule has 4 rings (SSSR count). The van der Waals surface area contributed by atoms with Gasteiger partial charge in [-0.3, -0.25) is 9.59 Å². The first-order chi connectivity index (χ1) is 12.7. The lowest BCUT2D eigenvalue weighted by Gasteiger charge is -2.29. The second-order valence-corrected chi connectivity index (χ2v) is 7.79. The zero-order chi connectivity index (χ0) is 19.5. The third-order valence-corrected chi connectivity index (χ3v) is 5.81. The lowest BCUT2D eigenvalue weighted by atomic mass is 9.82. The van der Waals surface area contributed by atoms with Gasteiger partial charge >= 0.3 is 0 Å². The van der Waals surface area contributed by atoms with E-state index in [4.69, 9.17) is 0 Å². The summed E-state index contributed by atoms with van der Waals surface area (Å²) in [5.41, 5.74) is -0.942. The smallest absolute Gasteiger partial charge is 0.198 e. The maximum Gasteiger partial charge on any atom is 0.198 e. The van der Waals surface area contributed by atoms with E-state index in [2.05, 4.69) is 0 Å². The van der Waals surface area contributed by atoms with Gasteiger partial charge in [-0.05, 0) is 12.8 Å². The molecule has 1 saturated heterocycles. The number of phenolic OH excluding ortho intramolecular Hbond substituents is 2. The zero-order valence-corrected chi connectivity index (χ0v) is 14.7. The molecule has 1 aliphatic heterocycles. The Kier molecular flexibility index (Phi) is 3.76. The highest BCUT2D eigenvalue weighted by Gasteiger charge is 2.40. The highest BCUT2D eigenvalue weighted by molar-refractivity contribution is 7.86. The van der Waals surface area contributed by atoms with E-state index in [1.807, 2.05) is 0 Å². The number of nitrogens with zero attached hydrogens (tertiary/aromatic N) is 1. The molecule has 9 heteroatoms. The topological polar surface area (TPSA) is 135 Å². The van der Waals surface area contributed by atoms with Crippen LogP contribution in [-0.4, -0.2) is 47.8 Å². The molecule has 0 unspecified atom stereocenters. The number of benzene rings is 2. The number of carbonyl (C=O) groups is 2. The standard InChI is InChI=1S/C18H15NO7S/c20-14-9-5-1-2-6-10(9)15(21)12-11(14)13(19-7-3-4-8-19)17(23)18(16(12)22)27(24,25)26/h1-2,5-6,22-23H,3-4,7-8H2,(H,24,25,26)/p-1. The summed E-state index contributed by atoms with van der Waals surface area (Å²) in [6.45, 7) is 0.818. The summed E-state index contributed by atoms with van der Waals surface area (Å²) >= 11 is 0. The maximum absolute atomic E-state index is 13.1. The molecular formula is C18H14NO7S-. The largest absolute Gasteiger partial charge is 0.744 e. The number of hydrogen-bond donors (Lipinski definition) is 2. The van der Waals surface area contributed by atoms with Crippen molar-refractivity contribution in [3.05, 3.63) is 46.5 Å². The Labute approximate surface area is 154 Å². The number of rotatable bonds is 2. The number of fused-ring (bicyclic) bond motifs is 2.